The van der Waals surface area contributed by atoms with Gasteiger partial charge in [0.2, 0.25) is 5.95 Å². The van der Waals surface area contributed by atoms with Gasteiger partial charge in [-0.25, -0.2) is 9.78 Å². The second-order valence-corrected chi connectivity index (χ2v) is 4.61. The summed E-state index contributed by atoms with van der Waals surface area (Å²) in [6.07, 6.45) is 2.19. The Hall–Kier alpha value is -2.37. The lowest BCUT2D eigenvalue weighted by Gasteiger charge is -2.14. The Labute approximate surface area is 115 Å². The molecule has 20 heavy (non-hydrogen) atoms. The fraction of sp³-hybridized carbons (Fsp3) is 0.357. The number of hydrogen-bond acceptors (Lipinski definition) is 4. The minimum atomic E-state index is -0.950. The van der Waals surface area contributed by atoms with Gasteiger partial charge >= 0.3 is 5.97 Å². The quantitative estimate of drug-likeness (QED) is 0.749. The predicted molar refractivity (Wildman–Crippen MR) is 76.9 cm³/mol. The SMILES string of the molecule is CCCCC(Nc1nc2ccccc2c(=O)[nH]1)C(=O)O. The summed E-state index contributed by atoms with van der Waals surface area (Å²) in [7, 11) is 0. The molecule has 3 N–H and O–H groups in total. The molecule has 1 unspecified atom stereocenters. The molecule has 106 valence electrons. The molecule has 1 aromatic carbocycles. The lowest BCUT2D eigenvalue weighted by molar-refractivity contribution is -0.138. The first-order chi connectivity index (χ1) is 9.61. The number of hydrogen-bond donors (Lipinski definition) is 3. The number of para-hydroxylation sites is 1. The Morgan fingerprint density at radius 3 is 2.90 bits per heavy atom. The van der Waals surface area contributed by atoms with E-state index in [0.29, 0.717) is 17.3 Å². The molecule has 0 spiro atoms. The van der Waals surface area contributed by atoms with Gasteiger partial charge in [0.1, 0.15) is 6.04 Å². The highest BCUT2D eigenvalue weighted by molar-refractivity contribution is 5.80. The number of aromatic nitrogens is 2. The van der Waals surface area contributed by atoms with Gasteiger partial charge < -0.3 is 10.4 Å². The highest BCUT2D eigenvalue weighted by Gasteiger charge is 2.17. The number of fused-ring (bicyclic) bond motifs is 1. The largest absolute Gasteiger partial charge is 0.480 e. The zero-order valence-corrected chi connectivity index (χ0v) is 11.2. The first-order valence-electron chi connectivity index (χ1n) is 6.60. The maximum Gasteiger partial charge on any atom is 0.326 e. The van der Waals surface area contributed by atoms with Gasteiger partial charge in [-0.1, -0.05) is 31.9 Å². The molecule has 0 bridgehead atoms. The monoisotopic (exact) mass is 275 g/mol. The Balaban J connectivity index is 2.28. The normalized spacial score (nSPS) is 12.2. The van der Waals surface area contributed by atoms with E-state index in [0.717, 1.165) is 12.8 Å². The van der Waals surface area contributed by atoms with Crippen LogP contribution in [0.2, 0.25) is 0 Å². The molecule has 1 aromatic heterocycles. The molecular weight excluding hydrogens is 258 g/mol. The van der Waals surface area contributed by atoms with Gasteiger partial charge in [0, 0.05) is 0 Å². The van der Waals surface area contributed by atoms with Crippen molar-refractivity contribution in [2.75, 3.05) is 5.32 Å². The molecule has 6 heteroatoms. The van der Waals surface area contributed by atoms with Crippen molar-refractivity contribution in [1.29, 1.82) is 0 Å². The molecule has 0 saturated heterocycles. The van der Waals surface area contributed by atoms with Crippen LogP contribution < -0.4 is 10.9 Å². The Bertz CT molecular complexity index is 666. The van der Waals surface area contributed by atoms with Crippen molar-refractivity contribution in [1.82, 2.24) is 9.97 Å². The second-order valence-electron chi connectivity index (χ2n) is 4.61. The van der Waals surface area contributed by atoms with Gasteiger partial charge in [0.15, 0.2) is 0 Å². The van der Waals surface area contributed by atoms with Gasteiger partial charge in [-0.2, -0.15) is 0 Å². The summed E-state index contributed by atoms with van der Waals surface area (Å²) in [6.45, 7) is 2.00. The molecule has 0 aliphatic carbocycles. The summed E-state index contributed by atoms with van der Waals surface area (Å²) in [6, 6.07) is 6.19. The lowest BCUT2D eigenvalue weighted by atomic mass is 10.1. The number of carbonyl (C=O) groups is 1. The van der Waals surface area contributed by atoms with Crippen LogP contribution >= 0.6 is 0 Å². The van der Waals surface area contributed by atoms with E-state index in [1.807, 2.05) is 6.92 Å². The third-order valence-corrected chi connectivity index (χ3v) is 3.07. The maximum atomic E-state index is 11.9. The first-order valence-corrected chi connectivity index (χ1v) is 6.60. The van der Waals surface area contributed by atoms with E-state index in [2.05, 4.69) is 15.3 Å². The third-order valence-electron chi connectivity index (χ3n) is 3.07. The Kier molecular flexibility index (Phi) is 4.34. The van der Waals surface area contributed by atoms with Crippen LogP contribution in [0, 0.1) is 0 Å². The van der Waals surface area contributed by atoms with Crippen LogP contribution in [-0.2, 0) is 4.79 Å². The van der Waals surface area contributed by atoms with Crippen molar-refractivity contribution >= 4 is 22.8 Å². The van der Waals surface area contributed by atoms with Gasteiger partial charge in [0.05, 0.1) is 10.9 Å². The topological polar surface area (TPSA) is 95.1 Å². The number of rotatable bonds is 6. The van der Waals surface area contributed by atoms with E-state index in [1.165, 1.54) is 0 Å². The lowest BCUT2D eigenvalue weighted by Crippen LogP contribution is -2.31. The molecule has 6 nitrogen and oxygen atoms in total. The minimum Gasteiger partial charge on any atom is -0.480 e. The van der Waals surface area contributed by atoms with Crippen LogP contribution in [0.25, 0.3) is 10.9 Å². The number of H-pyrrole nitrogens is 1. The number of carboxylic acid groups (broad SMARTS) is 1. The van der Waals surface area contributed by atoms with Crippen molar-refractivity contribution in [2.24, 2.45) is 0 Å². The molecule has 0 amide bonds. The van der Waals surface area contributed by atoms with Gasteiger partial charge in [-0.15, -0.1) is 0 Å². The second kappa shape index (κ2) is 6.18. The molecule has 2 rings (SSSR count). The highest BCUT2D eigenvalue weighted by Crippen LogP contribution is 2.11. The number of aromatic amines is 1. The molecule has 0 aliphatic heterocycles. The zero-order valence-electron chi connectivity index (χ0n) is 11.2. The predicted octanol–water partition coefficient (Wildman–Crippen LogP) is 1.98. The van der Waals surface area contributed by atoms with Crippen molar-refractivity contribution in [2.45, 2.75) is 32.2 Å². The van der Waals surface area contributed by atoms with Crippen LogP contribution in [0.5, 0.6) is 0 Å². The minimum absolute atomic E-state index is 0.192. The van der Waals surface area contributed by atoms with Crippen LogP contribution in [0.4, 0.5) is 5.95 Å². The number of unbranched alkanes of at least 4 members (excludes halogenated alkanes) is 1. The van der Waals surface area contributed by atoms with Crippen LogP contribution in [-0.4, -0.2) is 27.1 Å². The number of aliphatic carboxylic acids is 1. The summed E-state index contributed by atoms with van der Waals surface area (Å²) in [5.41, 5.74) is 0.260. The molecule has 1 heterocycles. The zero-order chi connectivity index (χ0) is 14.5. The molecule has 1 atom stereocenters. The van der Waals surface area contributed by atoms with E-state index >= 15 is 0 Å². The van der Waals surface area contributed by atoms with Crippen molar-refractivity contribution in [3.05, 3.63) is 34.6 Å². The molecule has 0 aliphatic rings. The van der Waals surface area contributed by atoms with E-state index in [4.69, 9.17) is 5.11 Å². The van der Waals surface area contributed by atoms with E-state index in [1.54, 1.807) is 24.3 Å². The van der Waals surface area contributed by atoms with Crippen molar-refractivity contribution in [3.8, 4) is 0 Å². The molecule has 2 aromatic rings. The number of carboxylic acids is 1. The van der Waals surface area contributed by atoms with Gasteiger partial charge in [0.25, 0.3) is 5.56 Å². The fourth-order valence-corrected chi connectivity index (χ4v) is 1.99. The summed E-state index contributed by atoms with van der Waals surface area (Å²) < 4.78 is 0. The smallest absolute Gasteiger partial charge is 0.326 e. The number of benzene rings is 1. The van der Waals surface area contributed by atoms with Crippen LogP contribution in [0.1, 0.15) is 26.2 Å². The van der Waals surface area contributed by atoms with Crippen LogP contribution in [0.3, 0.4) is 0 Å². The summed E-state index contributed by atoms with van der Waals surface area (Å²) in [4.78, 5) is 29.9. The first kappa shape index (κ1) is 14.0. The Morgan fingerprint density at radius 2 is 2.20 bits per heavy atom. The third kappa shape index (κ3) is 3.14. The summed E-state index contributed by atoms with van der Waals surface area (Å²) in [5.74, 6) is -0.758. The Morgan fingerprint density at radius 1 is 1.45 bits per heavy atom. The molecule has 0 radical (unpaired) electrons. The van der Waals surface area contributed by atoms with Crippen molar-refractivity contribution < 1.29 is 9.90 Å². The van der Waals surface area contributed by atoms with E-state index < -0.39 is 12.0 Å². The molecular formula is C14H17N3O3. The standard InChI is InChI=1S/C14H17N3O3/c1-2-3-7-11(13(19)20)16-14-15-10-8-5-4-6-9(10)12(18)17-14/h4-6,8,11H,2-3,7H2,1H3,(H,19,20)(H2,15,16,17,18). The number of nitrogens with one attached hydrogen (secondary N) is 2. The molecule has 0 fully saturated rings. The number of anilines is 1. The fourth-order valence-electron chi connectivity index (χ4n) is 1.99. The summed E-state index contributed by atoms with van der Waals surface area (Å²) >= 11 is 0. The number of nitrogens with zero attached hydrogens (tertiary/aromatic N) is 1. The van der Waals surface area contributed by atoms with Gasteiger partial charge in [-0.3, -0.25) is 9.78 Å². The summed E-state index contributed by atoms with van der Waals surface area (Å²) in [5, 5.41) is 12.4. The molecule has 0 saturated carbocycles. The average molecular weight is 275 g/mol. The average Bonchev–Trinajstić information content (AvgIpc) is 2.43. The van der Waals surface area contributed by atoms with E-state index in [9.17, 15) is 9.59 Å². The highest BCUT2D eigenvalue weighted by atomic mass is 16.4. The van der Waals surface area contributed by atoms with Gasteiger partial charge in [-0.05, 0) is 18.6 Å². The van der Waals surface area contributed by atoms with E-state index in [-0.39, 0.29) is 11.5 Å². The van der Waals surface area contributed by atoms with Crippen LogP contribution in [0.15, 0.2) is 29.1 Å². The van der Waals surface area contributed by atoms with Crippen molar-refractivity contribution in [3.63, 3.8) is 0 Å². The maximum absolute atomic E-state index is 11.9.